The Hall–Kier alpha value is -0.500. The van der Waals surface area contributed by atoms with E-state index in [0.29, 0.717) is 13.1 Å². The molecule has 0 spiro atoms. The van der Waals surface area contributed by atoms with Crippen molar-refractivity contribution < 1.29 is 8.42 Å². The monoisotopic (exact) mass is 261 g/mol. The highest BCUT2D eigenvalue weighted by Gasteiger charge is 2.23. The van der Waals surface area contributed by atoms with E-state index in [0.717, 1.165) is 25.3 Å². The van der Waals surface area contributed by atoms with E-state index in [-0.39, 0.29) is 0 Å². The lowest BCUT2D eigenvalue weighted by Gasteiger charge is -2.32. The summed E-state index contributed by atoms with van der Waals surface area (Å²) in [6.07, 6.45) is 1.27. The van der Waals surface area contributed by atoms with Crippen molar-refractivity contribution in [3.05, 3.63) is 16.6 Å². The first-order valence-corrected chi connectivity index (χ1v) is 7.89. The lowest BCUT2D eigenvalue weighted by Crippen LogP contribution is -2.47. The fourth-order valence-electron chi connectivity index (χ4n) is 1.76. The third kappa shape index (κ3) is 3.00. The maximum absolute atomic E-state index is 11.3. The molecule has 1 aliphatic rings. The van der Waals surface area contributed by atoms with Gasteiger partial charge in [-0.25, -0.2) is 13.4 Å². The van der Waals surface area contributed by atoms with Crippen LogP contribution in [-0.2, 0) is 16.6 Å². The van der Waals surface area contributed by atoms with E-state index in [4.69, 9.17) is 0 Å². The molecule has 16 heavy (non-hydrogen) atoms. The molecule has 2 heterocycles. The van der Waals surface area contributed by atoms with Crippen LogP contribution in [0, 0.1) is 0 Å². The fraction of sp³-hybridized carbons (Fsp3) is 0.667. The molecule has 0 bridgehead atoms. The van der Waals surface area contributed by atoms with Gasteiger partial charge in [0.1, 0.15) is 0 Å². The molecule has 0 radical (unpaired) electrons. The number of rotatable bonds is 3. The maximum Gasteiger partial charge on any atom is 0.211 e. The molecule has 0 saturated carbocycles. The van der Waals surface area contributed by atoms with Crippen LogP contribution in [0.2, 0.25) is 0 Å². The van der Waals surface area contributed by atoms with Gasteiger partial charge < -0.3 is 0 Å². The Bertz CT molecular complexity index is 422. The second-order valence-corrected chi connectivity index (χ2v) is 6.62. The highest BCUT2D eigenvalue weighted by atomic mass is 32.2. The molecular weight excluding hydrogens is 246 g/mol. The lowest BCUT2D eigenvalue weighted by molar-refractivity contribution is 0.181. The second kappa shape index (κ2) is 4.79. The molecule has 1 aliphatic heterocycles. The summed E-state index contributed by atoms with van der Waals surface area (Å²) in [4.78, 5) is 6.46. The molecule has 1 aromatic rings. The van der Waals surface area contributed by atoms with Gasteiger partial charge in [0.05, 0.1) is 17.5 Å². The summed E-state index contributed by atoms with van der Waals surface area (Å²) in [6, 6.07) is 0. The summed E-state index contributed by atoms with van der Waals surface area (Å²) in [7, 11) is -3.02. The van der Waals surface area contributed by atoms with Crippen LogP contribution < -0.4 is 0 Å². The summed E-state index contributed by atoms with van der Waals surface area (Å²) in [5.74, 6) is 0. The molecule has 0 unspecified atom stereocenters. The quantitative estimate of drug-likeness (QED) is 0.781. The third-order valence-electron chi connectivity index (χ3n) is 2.67. The Morgan fingerprint density at radius 1 is 1.38 bits per heavy atom. The molecule has 1 saturated heterocycles. The number of aromatic nitrogens is 1. The zero-order valence-electron chi connectivity index (χ0n) is 9.16. The van der Waals surface area contributed by atoms with Crippen LogP contribution in [-0.4, -0.2) is 55.0 Å². The predicted octanol–water partition coefficient (Wildman–Crippen LogP) is 0.220. The van der Waals surface area contributed by atoms with Crippen LogP contribution >= 0.6 is 11.3 Å². The molecule has 7 heteroatoms. The standard InChI is InChI=1S/C9H15N3O2S2/c1-16(13,14)12-4-2-11(3-5-12)6-9-7-15-8-10-9/h7-8H,2-6H2,1H3. The SMILES string of the molecule is CS(=O)(=O)N1CCN(Cc2cscn2)CC1. The molecule has 0 aromatic carbocycles. The largest absolute Gasteiger partial charge is 0.295 e. The topological polar surface area (TPSA) is 53.5 Å². The Balaban J connectivity index is 1.86. The average Bonchev–Trinajstić information content (AvgIpc) is 2.70. The highest BCUT2D eigenvalue weighted by molar-refractivity contribution is 7.88. The van der Waals surface area contributed by atoms with Crippen molar-refractivity contribution >= 4 is 21.4 Å². The Morgan fingerprint density at radius 2 is 2.06 bits per heavy atom. The molecule has 0 amide bonds. The molecule has 5 nitrogen and oxygen atoms in total. The minimum atomic E-state index is -3.02. The Morgan fingerprint density at radius 3 is 2.56 bits per heavy atom. The van der Waals surface area contributed by atoms with Crippen LogP contribution in [0.3, 0.4) is 0 Å². The summed E-state index contributed by atoms with van der Waals surface area (Å²) in [6.45, 7) is 3.56. The summed E-state index contributed by atoms with van der Waals surface area (Å²) in [5, 5.41) is 2.03. The van der Waals surface area contributed by atoms with Crippen molar-refractivity contribution in [1.82, 2.24) is 14.2 Å². The fourth-order valence-corrected chi connectivity index (χ4v) is 3.14. The summed E-state index contributed by atoms with van der Waals surface area (Å²) in [5.41, 5.74) is 2.89. The molecule has 1 fully saturated rings. The van der Waals surface area contributed by atoms with Crippen LogP contribution in [0.1, 0.15) is 5.69 Å². The van der Waals surface area contributed by atoms with Crippen LogP contribution in [0.5, 0.6) is 0 Å². The maximum atomic E-state index is 11.3. The first-order chi connectivity index (χ1) is 7.55. The highest BCUT2D eigenvalue weighted by Crippen LogP contribution is 2.10. The van der Waals surface area contributed by atoms with E-state index in [1.54, 1.807) is 11.3 Å². The molecular formula is C9H15N3O2S2. The van der Waals surface area contributed by atoms with E-state index in [1.807, 2.05) is 10.9 Å². The van der Waals surface area contributed by atoms with Crippen molar-refractivity contribution in [3.8, 4) is 0 Å². The zero-order chi connectivity index (χ0) is 11.6. The number of nitrogens with zero attached hydrogens (tertiary/aromatic N) is 3. The number of thiazole rings is 1. The van der Waals surface area contributed by atoms with Crippen molar-refractivity contribution in [2.75, 3.05) is 32.4 Å². The van der Waals surface area contributed by atoms with Gasteiger partial charge in [0.25, 0.3) is 0 Å². The zero-order valence-corrected chi connectivity index (χ0v) is 10.8. The van der Waals surface area contributed by atoms with Gasteiger partial charge in [-0.2, -0.15) is 4.31 Å². The minimum absolute atomic E-state index is 0.586. The van der Waals surface area contributed by atoms with E-state index >= 15 is 0 Å². The molecule has 0 aliphatic carbocycles. The van der Waals surface area contributed by atoms with Gasteiger partial charge in [0.2, 0.25) is 10.0 Å². The lowest BCUT2D eigenvalue weighted by atomic mass is 10.3. The van der Waals surface area contributed by atoms with Crippen LogP contribution in [0.25, 0.3) is 0 Å². The second-order valence-electron chi connectivity index (χ2n) is 3.92. The molecule has 0 atom stereocenters. The van der Waals surface area contributed by atoms with Crippen LogP contribution in [0.15, 0.2) is 10.9 Å². The molecule has 2 rings (SSSR count). The van der Waals surface area contributed by atoms with Gasteiger partial charge >= 0.3 is 0 Å². The first-order valence-electron chi connectivity index (χ1n) is 5.10. The van der Waals surface area contributed by atoms with Gasteiger partial charge in [-0.1, -0.05) is 0 Å². The third-order valence-corrected chi connectivity index (χ3v) is 4.61. The minimum Gasteiger partial charge on any atom is -0.295 e. The predicted molar refractivity (Wildman–Crippen MR) is 63.8 cm³/mol. The van der Waals surface area contributed by atoms with E-state index in [2.05, 4.69) is 9.88 Å². The van der Waals surface area contributed by atoms with E-state index in [1.165, 1.54) is 10.6 Å². The smallest absolute Gasteiger partial charge is 0.211 e. The number of sulfonamides is 1. The van der Waals surface area contributed by atoms with Crippen molar-refractivity contribution in [2.45, 2.75) is 6.54 Å². The first kappa shape index (κ1) is 12.0. The average molecular weight is 261 g/mol. The van der Waals surface area contributed by atoms with E-state index in [9.17, 15) is 8.42 Å². The van der Waals surface area contributed by atoms with Gasteiger partial charge in [-0.3, -0.25) is 4.90 Å². The van der Waals surface area contributed by atoms with Crippen molar-refractivity contribution in [3.63, 3.8) is 0 Å². The van der Waals surface area contributed by atoms with E-state index < -0.39 is 10.0 Å². The van der Waals surface area contributed by atoms with Gasteiger partial charge in [0, 0.05) is 38.1 Å². The summed E-state index contributed by atoms with van der Waals surface area (Å²) < 4.78 is 24.1. The van der Waals surface area contributed by atoms with Gasteiger partial charge in [-0.15, -0.1) is 11.3 Å². The van der Waals surface area contributed by atoms with Gasteiger partial charge in [0.15, 0.2) is 0 Å². The Kier molecular flexibility index (Phi) is 3.58. The molecule has 90 valence electrons. The molecule has 1 aromatic heterocycles. The van der Waals surface area contributed by atoms with Crippen molar-refractivity contribution in [2.24, 2.45) is 0 Å². The van der Waals surface area contributed by atoms with Gasteiger partial charge in [-0.05, 0) is 0 Å². The number of piperazine rings is 1. The number of hydrogen-bond donors (Lipinski definition) is 0. The molecule has 0 N–H and O–H groups in total. The summed E-state index contributed by atoms with van der Waals surface area (Å²) >= 11 is 1.59. The number of hydrogen-bond acceptors (Lipinski definition) is 5. The normalized spacial score (nSPS) is 20.1. The Labute approximate surface area is 99.8 Å². The van der Waals surface area contributed by atoms with Crippen molar-refractivity contribution in [1.29, 1.82) is 0 Å². The van der Waals surface area contributed by atoms with Crippen LogP contribution in [0.4, 0.5) is 0 Å².